The molecule has 106 valence electrons. The number of likely N-dealkylation sites (tertiary alicyclic amines) is 1. The van der Waals surface area contributed by atoms with Crippen LogP contribution in [0.2, 0.25) is 0 Å². The first kappa shape index (κ1) is 14.4. The van der Waals surface area contributed by atoms with Gasteiger partial charge in [-0.3, -0.25) is 9.69 Å². The molecule has 1 saturated heterocycles. The Labute approximate surface area is 118 Å². The van der Waals surface area contributed by atoms with Gasteiger partial charge in [0.15, 0.2) is 0 Å². The first-order valence-corrected chi connectivity index (χ1v) is 7.69. The lowest BCUT2D eigenvalue weighted by atomic mass is 10.3. The molecule has 1 aliphatic heterocycles. The Morgan fingerprint density at radius 2 is 2.21 bits per heavy atom. The van der Waals surface area contributed by atoms with Gasteiger partial charge in [-0.15, -0.1) is 11.3 Å². The van der Waals surface area contributed by atoms with Crippen LogP contribution in [-0.2, 0) is 0 Å². The molecular formula is C13H22N4OS. The second-order valence-corrected chi connectivity index (χ2v) is 6.05. The normalized spacial score (nSPS) is 19.3. The van der Waals surface area contributed by atoms with Crippen LogP contribution in [-0.4, -0.2) is 41.5 Å². The fourth-order valence-corrected chi connectivity index (χ4v) is 3.00. The van der Waals surface area contributed by atoms with Crippen molar-refractivity contribution >= 4 is 17.2 Å². The molecule has 6 heteroatoms. The highest BCUT2D eigenvalue weighted by Gasteiger charge is 2.19. The number of hydrogen-bond donors (Lipinski definition) is 2. The van der Waals surface area contributed by atoms with Gasteiger partial charge < -0.3 is 11.1 Å². The zero-order chi connectivity index (χ0) is 13.8. The second kappa shape index (κ2) is 6.45. The van der Waals surface area contributed by atoms with Crippen molar-refractivity contribution < 1.29 is 4.79 Å². The van der Waals surface area contributed by atoms with Gasteiger partial charge in [0.2, 0.25) is 0 Å². The predicted molar refractivity (Wildman–Crippen MR) is 77.3 cm³/mol. The molecule has 1 fully saturated rings. The second-order valence-electron chi connectivity index (χ2n) is 5.16. The number of nitrogens with one attached hydrogen (secondary N) is 1. The summed E-state index contributed by atoms with van der Waals surface area (Å²) in [5.74, 6) is -0.103. The molecule has 0 aliphatic carbocycles. The molecule has 19 heavy (non-hydrogen) atoms. The Hall–Kier alpha value is -0.980. The molecule has 3 N–H and O–H groups in total. The molecular weight excluding hydrogens is 260 g/mol. The van der Waals surface area contributed by atoms with Gasteiger partial charge in [-0.1, -0.05) is 0 Å². The van der Waals surface area contributed by atoms with Crippen LogP contribution in [0.1, 0.15) is 48.2 Å². The first-order valence-electron chi connectivity index (χ1n) is 6.81. The third-order valence-corrected chi connectivity index (χ3v) is 4.51. The highest BCUT2D eigenvalue weighted by molar-refractivity contribution is 7.09. The van der Waals surface area contributed by atoms with Crippen LogP contribution in [0.25, 0.3) is 0 Å². The number of rotatable bonds is 5. The summed E-state index contributed by atoms with van der Waals surface area (Å²) in [5.41, 5.74) is 6.22. The Balaban J connectivity index is 1.83. The van der Waals surface area contributed by atoms with Gasteiger partial charge in [-0.05, 0) is 39.8 Å². The highest BCUT2D eigenvalue weighted by Crippen LogP contribution is 2.16. The van der Waals surface area contributed by atoms with Crippen LogP contribution in [0.3, 0.4) is 0 Å². The van der Waals surface area contributed by atoms with Crippen molar-refractivity contribution in [1.29, 1.82) is 0 Å². The standard InChI is InChI=1S/C13H22N4OS/c1-9(17-5-3-4-6-17)7-15-12(18)11-8-19-13(16-11)10(2)14/h8-10H,3-7,14H2,1-2H3,(H,15,18). The average molecular weight is 282 g/mol. The topological polar surface area (TPSA) is 71.2 Å². The Kier molecular flexibility index (Phi) is 4.90. The van der Waals surface area contributed by atoms with Crippen LogP contribution >= 0.6 is 11.3 Å². The monoisotopic (exact) mass is 282 g/mol. The minimum Gasteiger partial charge on any atom is -0.349 e. The maximum Gasteiger partial charge on any atom is 0.270 e. The molecule has 2 unspecified atom stereocenters. The molecule has 0 radical (unpaired) electrons. The largest absolute Gasteiger partial charge is 0.349 e. The summed E-state index contributed by atoms with van der Waals surface area (Å²) in [6.45, 7) is 6.98. The summed E-state index contributed by atoms with van der Waals surface area (Å²) in [7, 11) is 0. The van der Waals surface area contributed by atoms with Crippen molar-refractivity contribution in [2.45, 2.75) is 38.8 Å². The van der Waals surface area contributed by atoms with Crippen molar-refractivity contribution in [2.24, 2.45) is 5.73 Å². The summed E-state index contributed by atoms with van der Waals surface area (Å²) >= 11 is 1.44. The van der Waals surface area contributed by atoms with E-state index in [1.807, 2.05) is 6.92 Å². The van der Waals surface area contributed by atoms with E-state index in [4.69, 9.17) is 5.73 Å². The molecule has 5 nitrogen and oxygen atoms in total. The molecule has 0 bridgehead atoms. The lowest BCUT2D eigenvalue weighted by molar-refractivity contribution is 0.0936. The molecule has 1 aromatic rings. The van der Waals surface area contributed by atoms with E-state index >= 15 is 0 Å². The van der Waals surface area contributed by atoms with Crippen LogP contribution in [0.4, 0.5) is 0 Å². The summed E-state index contributed by atoms with van der Waals surface area (Å²) in [5, 5.41) is 5.53. The van der Waals surface area contributed by atoms with Crippen molar-refractivity contribution in [3.05, 3.63) is 16.1 Å². The van der Waals surface area contributed by atoms with Gasteiger partial charge in [0.1, 0.15) is 10.7 Å². The molecule has 0 aromatic carbocycles. The number of carbonyl (C=O) groups is 1. The van der Waals surface area contributed by atoms with Crippen molar-refractivity contribution in [3.8, 4) is 0 Å². The number of hydrogen-bond acceptors (Lipinski definition) is 5. The smallest absolute Gasteiger partial charge is 0.270 e. The van der Waals surface area contributed by atoms with Crippen molar-refractivity contribution in [3.63, 3.8) is 0 Å². The number of nitrogens with zero attached hydrogens (tertiary/aromatic N) is 2. The van der Waals surface area contributed by atoms with Crippen LogP contribution in [0.15, 0.2) is 5.38 Å². The maximum atomic E-state index is 12.0. The van der Waals surface area contributed by atoms with Gasteiger partial charge >= 0.3 is 0 Å². The maximum absolute atomic E-state index is 12.0. The summed E-state index contributed by atoms with van der Waals surface area (Å²) in [4.78, 5) is 18.6. The number of thiazole rings is 1. The Morgan fingerprint density at radius 3 is 2.79 bits per heavy atom. The molecule has 1 aliphatic rings. The molecule has 2 rings (SSSR count). The van der Waals surface area contributed by atoms with E-state index in [0.717, 1.165) is 18.1 Å². The van der Waals surface area contributed by atoms with Gasteiger partial charge in [0, 0.05) is 18.0 Å². The number of amides is 1. The van der Waals surface area contributed by atoms with Crippen LogP contribution in [0, 0.1) is 0 Å². The summed E-state index contributed by atoms with van der Waals surface area (Å²) in [6.07, 6.45) is 2.53. The molecule has 1 amide bonds. The molecule has 2 heterocycles. The third kappa shape index (κ3) is 3.75. The summed E-state index contributed by atoms with van der Waals surface area (Å²) < 4.78 is 0. The molecule has 1 aromatic heterocycles. The minimum atomic E-state index is -0.116. The Bertz CT molecular complexity index is 426. The molecule has 2 atom stereocenters. The van der Waals surface area contributed by atoms with Gasteiger partial charge in [0.05, 0.1) is 6.04 Å². The van der Waals surface area contributed by atoms with E-state index in [-0.39, 0.29) is 11.9 Å². The molecule has 0 saturated carbocycles. The highest BCUT2D eigenvalue weighted by atomic mass is 32.1. The minimum absolute atomic E-state index is 0.103. The zero-order valence-corrected chi connectivity index (χ0v) is 12.4. The van der Waals surface area contributed by atoms with E-state index in [0.29, 0.717) is 18.3 Å². The Morgan fingerprint density at radius 1 is 1.53 bits per heavy atom. The van der Waals surface area contributed by atoms with Crippen molar-refractivity contribution in [1.82, 2.24) is 15.2 Å². The fraction of sp³-hybridized carbons (Fsp3) is 0.692. The van der Waals surface area contributed by atoms with E-state index in [2.05, 4.69) is 22.1 Å². The number of aromatic nitrogens is 1. The summed E-state index contributed by atoms with van der Waals surface area (Å²) in [6, 6.07) is 0.271. The van der Waals surface area contributed by atoms with E-state index in [1.165, 1.54) is 24.2 Å². The third-order valence-electron chi connectivity index (χ3n) is 3.47. The van der Waals surface area contributed by atoms with Crippen LogP contribution < -0.4 is 11.1 Å². The van der Waals surface area contributed by atoms with Gasteiger partial charge in [0.25, 0.3) is 5.91 Å². The lowest BCUT2D eigenvalue weighted by Gasteiger charge is -2.23. The molecule has 0 spiro atoms. The quantitative estimate of drug-likeness (QED) is 0.856. The van der Waals surface area contributed by atoms with Gasteiger partial charge in [-0.25, -0.2) is 4.98 Å². The number of carbonyl (C=O) groups excluding carboxylic acids is 1. The van der Waals surface area contributed by atoms with E-state index < -0.39 is 0 Å². The average Bonchev–Trinajstić information content (AvgIpc) is 3.05. The number of nitrogens with two attached hydrogens (primary N) is 1. The first-order chi connectivity index (χ1) is 9.08. The van der Waals surface area contributed by atoms with Crippen molar-refractivity contribution in [2.75, 3.05) is 19.6 Å². The SMILES string of the molecule is CC(N)c1nc(C(=O)NCC(C)N2CCCC2)cs1. The zero-order valence-electron chi connectivity index (χ0n) is 11.6. The predicted octanol–water partition coefficient (Wildman–Crippen LogP) is 1.38. The fourth-order valence-electron chi connectivity index (χ4n) is 2.24. The van der Waals surface area contributed by atoms with E-state index in [9.17, 15) is 4.79 Å². The van der Waals surface area contributed by atoms with Gasteiger partial charge in [-0.2, -0.15) is 0 Å². The van der Waals surface area contributed by atoms with Crippen LogP contribution in [0.5, 0.6) is 0 Å². The lowest BCUT2D eigenvalue weighted by Crippen LogP contribution is -2.40. The van der Waals surface area contributed by atoms with E-state index in [1.54, 1.807) is 5.38 Å².